The van der Waals surface area contributed by atoms with Crippen molar-refractivity contribution in [3.63, 3.8) is 0 Å². The Morgan fingerprint density at radius 1 is 1.08 bits per heavy atom. The number of carbonyl (C=O) groups excluding carboxylic acids is 1. The summed E-state index contributed by atoms with van der Waals surface area (Å²) in [5.74, 6) is -0.319. The number of ether oxygens (including phenoxy) is 2. The van der Waals surface area contributed by atoms with Crippen molar-refractivity contribution in [2.45, 2.75) is 122 Å². The molecular formula is C26H42BrN5O5. The number of esters is 1. The lowest BCUT2D eigenvalue weighted by Gasteiger charge is -2.16. The zero-order valence-corrected chi connectivity index (χ0v) is 23.5. The van der Waals surface area contributed by atoms with Gasteiger partial charge in [0, 0.05) is 12.8 Å². The molecule has 0 saturated carbocycles. The molecule has 0 spiro atoms. The van der Waals surface area contributed by atoms with Gasteiger partial charge < -0.3 is 20.3 Å². The Balaban J connectivity index is 1.28. The fourth-order valence-electron chi connectivity index (χ4n) is 4.79. The second-order valence-electron chi connectivity index (χ2n) is 9.98. The molecule has 1 aliphatic rings. The number of aromatic amines is 1. The van der Waals surface area contributed by atoms with E-state index in [-0.39, 0.29) is 36.1 Å². The molecule has 1 fully saturated rings. The first-order valence-electron chi connectivity index (χ1n) is 13.8. The number of carbonyl (C=O) groups is 1. The van der Waals surface area contributed by atoms with Gasteiger partial charge in [-0.25, -0.2) is 4.98 Å². The molecule has 0 amide bonds. The number of rotatable bonds is 17. The fourth-order valence-corrected chi connectivity index (χ4v) is 5.36. The van der Waals surface area contributed by atoms with Crippen molar-refractivity contribution in [1.82, 2.24) is 19.5 Å². The molecule has 0 bridgehead atoms. The Bertz CT molecular complexity index is 1040. The minimum absolute atomic E-state index is 0.0324. The smallest absolute Gasteiger partial charge is 0.305 e. The van der Waals surface area contributed by atoms with Crippen molar-refractivity contribution in [2.75, 3.05) is 12.3 Å². The number of imidazole rings is 1. The Morgan fingerprint density at radius 3 is 2.30 bits per heavy atom. The predicted octanol–water partition coefficient (Wildman–Crippen LogP) is 5.14. The van der Waals surface area contributed by atoms with E-state index in [4.69, 9.17) is 15.2 Å². The largest absolute Gasteiger partial charge is 0.463 e. The fraction of sp³-hybridized carbons (Fsp3) is 0.769. The van der Waals surface area contributed by atoms with E-state index in [2.05, 4.69) is 37.8 Å². The molecule has 3 heterocycles. The monoisotopic (exact) mass is 583 g/mol. The highest BCUT2D eigenvalue weighted by Crippen LogP contribution is 2.33. The van der Waals surface area contributed by atoms with E-state index >= 15 is 0 Å². The lowest BCUT2D eigenvalue weighted by molar-refractivity contribution is -0.150. The van der Waals surface area contributed by atoms with Crippen LogP contribution in [0, 0.1) is 0 Å². The second-order valence-corrected chi connectivity index (χ2v) is 10.7. The summed E-state index contributed by atoms with van der Waals surface area (Å²) in [6, 6.07) is 0. The lowest BCUT2D eigenvalue weighted by atomic mass is 10.0. The van der Waals surface area contributed by atoms with Gasteiger partial charge in [0.2, 0.25) is 5.95 Å². The highest BCUT2D eigenvalue weighted by molar-refractivity contribution is 9.10. The molecule has 0 unspecified atom stereocenters. The SMILES string of the molecule is CCCCCCCCCCCCCCCC(=O)OC[C@H]1O[C@@H](n2c(Br)nc3c(=O)[nH]c(N)nc32)C[C@@H]1O. The first kappa shape index (κ1) is 29.6. The number of aliphatic hydroxyl groups is 1. The minimum atomic E-state index is -0.835. The van der Waals surface area contributed by atoms with Gasteiger partial charge in [0.25, 0.3) is 5.56 Å². The lowest BCUT2D eigenvalue weighted by Crippen LogP contribution is -2.28. The van der Waals surface area contributed by atoms with Crippen molar-refractivity contribution in [3.8, 4) is 0 Å². The molecule has 0 aliphatic carbocycles. The molecule has 0 aromatic carbocycles. The number of H-pyrrole nitrogens is 1. The highest BCUT2D eigenvalue weighted by atomic mass is 79.9. The summed E-state index contributed by atoms with van der Waals surface area (Å²) in [6.07, 6.45) is 14.7. The van der Waals surface area contributed by atoms with Gasteiger partial charge in [-0.2, -0.15) is 4.98 Å². The number of nitrogen functional groups attached to an aromatic ring is 1. The summed E-state index contributed by atoms with van der Waals surface area (Å²) in [5, 5.41) is 10.5. The zero-order chi connectivity index (χ0) is 26.6. The van der Waals surface area contributed by atoms with Gasteiger partial charge >= 0.3 is 5.97 Å². The van der Waals surface area contributed by atoms with Crippen LogP contribution in [0.5, 0.6) is 0 Å². The molecule has 3 rings (SSSR count). The van der Waals surface area contributed by atoms with Gasteiger partial charge in [-0.15, -0.1) is 0 Å². The van der Waals surface area contributed by atoms with Crippen molar-refractivity contribution < 1.29 is 19.4 Å². The van der Waals surface area contributed by atoms with Crippen LogP contribution in [0.3, 0.4) is 0 Å². The summed E-state index contributed by atoms with van der Waals surface area (Å²) in [4.78, 5) is 35.0. The number of nitrogens with zero attached hydrogens (tertiary/aromatic N) is 3. The first-order chi connectivity index (χ1) is 17.9. The normalized spacial score (nSPS) is 19.6. The summed E-state index contributed by atoms with van der Waals surface area (Å²) >= 11 is 3.32. The number of halogens is 1. The number of nitrogens with one attached hydrogen (secondary N) is 1. The predicted molar refractivity (Wildman–Crippen MR) is 146 cm³/mol. The third-order valence-corrected chi connectivity index (χ3v) is 7.47. The van der Waals surface area contributed by atoms with Crippen LogP contribution in [0.15, 0.2) is 9.53 Å². The standard InChI is InChI=1S/C26H42BrN5O5/c1-2-3-4-5-6-7-8-9-10-11-12-13-14-15-21(34)36-17-19-18(33)16-20(37-19)32-23-22(29-25(32)27)24(35)31-26(28)30-23/h18-20,33H,2-17H2,1H3,(H3,28,30,31,35)/t18-,19+,20+/m0/s1. The van der Waals surface area contributed by atoms with Crippen LogP contribution in [-0.4, -0.2) is 49.4 Å². The van der Waals surface area contributed by atoms with Crippen molar-refractivity contribution in [2.24, 2.45) is 0 Å². The summed E-state index contributed by atoms with van der Waals surface area (Å²) in [7, 11) is 0. The topological polar surface area (TPSA) is 145 Å². The molecule has 3 atom stereocenters. The van der Waals surface area contributed by atoms with E-state index in [1.807, 2.05) is 0 Å². The Kier molecular flexibility index (Phi) is 12.3. The van der Waals surface area contributed by atoms with E-state index in [0.29, 0.717) is 11.2 Å². The maximum Gasteiger partial charge on any atom is 0.305 e. The number of hydrogen-bond donors (Lipinski definition) is 3. The van der Waals surface area contributed by atoms with Gasteiger partial charge in [0.1, 0.15) is 18.9 Å². The van der Waals surface area contributed by atoms with Crippen molar-refractivity contribution in [1.29, 1.82) is 0 Å². The van der Waals surface area contributed by atoms with Crippen LogP contribution in [-0.2, 0) is 14.3 Å². The van der Waals surface area contributed by atoms with Crippen molar-refractivity contribution >= 4 is 39.0 Å². The molecular weight excluding hydrogens is 542 g/mol. The van der Waals surface area contributed by atoms with E-state index in [1.165, 1.54) is 64.2 Å². The summed E-state index contributed by atoms with van der Waals surface area (Å²) in [5.41, 5.74) is 5.59. The number of aliphatic hydroxyl groups excluding tert-OH is 1. The number of aromatic nitrogens is 4. The molecule has 10 nitrogen and oxygen atoms in total. The molecule has 11 heteroatoms. The van der Waals surface area contributed by atoms with E-state index in [9.17, 15) is 14.7 Å². The van der Waals surface area contributed by atoms with Gasteiger partial charge in [0.05, 0.1) is 6.10 Å². The molecule has 2 aromatic heterocycles. The second kappa shape index (κ2) is 15.4. The number of hydrogen-bond acceptors (Lipinski definition) is 8. The van der Waals surface area contributed by atoms with Gasteiger partial charge in [-0.3, -0.25) is 19.1 Å². The zero-order valence-electron chi connectivity index (χ0n) is 21.9. The molecule has 208 valence electrons. The number of anilines is 1. The first-order valence-corrected chi connectivity index (χ1v) is 14.6. The van der Waals surface area contributed by atoms with Crippen molar-refractivity contribution in [3.05, 3.63) is 15.1 Å². The van der Waals surface area contributed by atoms with Gasteiger partial charge in [-0.1, -0.05) is 84.0 Å². The molecule has 1 aliphatic heterocycles. The van der Waals surface area contributed by atoms with Crippen LogP contribution in [0.4, 0.5) is 5.95 Å². The van der Waals surface area contributed by atoms with Crippen LogP contribution in [0.1, 0.15) is 109 Å². The average Bonchev–Trinajstić information content (AvgIpc) is 3.39. The molecule has 37 heavy (non-hydrogen) atoms. The maximum absolute atomic E-state index is 12.2. The van der Waals surface area contributed by atoms with Crippen LogP contribution in [0.2, 0.25) is 0 Å². The number of fused-ring (bicyclic) bond motifs is 1. The Morgan fingerprint density at radius 2 is 1.68 bits per heavy atom. The molecule has 2 aromatic rings. The molecule has 4 N–H and O–H groups in total. The highest BCUT2D eigenvalue weighted by Gasteiger charge is 2.37. The number of nitrogens with two attached hydrogens (primary N) is 1. The summed E-state index contributed by atoms with van der Waals surface area (Å²) < 4.78 is 13.2. The number of unbranched alkanes of at least 4 members (excludes halogenated alkanes) is 12. The van der Waals surface area contributed by atoms with E-state index in [1.54, 1.807) is 4.57 Å². The Labute approximate surface area is 226 Å². The van der Waals surface area contributed by atoms with Crippen LogP contribution in [0.25, 0.3) is 11.2 Å². The minimum Gasteiger partial charge on any atom is -0.463 e. The van der Waals surface area contributed by atoms with E-state index < -0.39 is 24.0 Å². The van der Waals surface area contributed by atoms with Gasteiger partial charge in [0.15, 0.2) is 15.9 Å². The quantitative estimate of drug-likeness (QED) is 0.132. The third kappa shape index (κ3) is 9.07. The summed E-state index contributed by atoms with van der Waals surface area (Å²) in [6.45, 7) is 2.22. The van der Waals surface area contributed by atoms with Crippen LogP contribution < -0.4 is 11.3 Å². The third-order valence-electron chi connectivity index (χ3n) is 6.91. The van der Waals surface area contributed by atoms with Gasteiger partial charge in [-0.05, 0) is 22.4 Å². The molecule has 0 radical (unpaired) electrons. The Hall–Kier alpha value is -1.98. The maximum atomic E-state index is 12.2. The average molecular weight is 585 g/mol. The van der Waals surface area contributed by atoms with E-state index in [0.717, 1.165) is 19.3 Å². The van der Waals surface area contributed by atoms with Crippen LogP contribution >= 0.6 is 15.9 Å². The molecule has 1 saturated heterocycles.